The highest BCUT2D eigenvalue weighted by Crippen LogP contribution is 2.18. The molecule has 0 aliphatic rings. The van der Waals surface area contributed by atoms with E-state index in [4.69, 9.17) is 0 Å². The molecule has 2 aromatic heterocycles. The number of hydrogen-bond donors (Lipinski definition) is 1. The van der Waals surface area contributed by atoms with E-state index in [-0.39, 0.29) is 24.3 Å². The van der Waals surface area contributed by atoms with Crippen molar-refractivity contribution in [2.75, 3.05) is 13.6 Å². The first-order valence-electron chi connectivity index (χ1n) is 7.05. The Morgan fingerprint density at radius 2 is 2.05 bits per heavy atom. The molecule has 22 heavy (non-hydrogen) atoms. The van der Waals surface area contributed by atoms with E-state index in [0.717, 1.165) is 5.56 Å². The van der Waals surface area contributed by atoms with Crippen LogP contribution in [0.25, 0.3) is 0 Å². The fourth-order valence-corrected chi connectivity index (χ4v) is 2.67. The van der Waals surface area contributed by atoms with Gasteiger partial charge in [0.1, 0.15) is 0 Å². The van der Waals surface area contributed by atoms with Crippen LogP contribution in [0.15, 0.2) is 41.4 Å². The average molecular weight is 317 g/mol. The number of nitrogens with one attached hydrogen (secondary N) is 1. The van der Waals surface area contributed by atoms with E-state index in [0.29, 0.717) is 12.1 Å². The van der Waals surface area contributed by atoms with Crippen molar-refractivity contribution in [2.45, 2.75) is 19.4 Å². The van der Waals surface area contributed by atoms with Gasteiger partial charge in [-0.15, -0.1) is 0 Å². The molecule has 2 aromatic rings. The van der Waals surface area contributed by atoms with Gasteiger partial charge in [0.2, 0.25) is 5.91 Å². The maximum absolute atomic E-state index is 12.2. The zero-order valence-electron chi connectivity index (χ0n) is 12.7. The zero-order chi connectivity index (χ0) is 15.9. The van der Waals surface area contributed by atoms with E-state index in [1.54, 1.807) is 35.8 Å². The summed E-state index contributed by atoms with van der Waals surface area (Å²) in [5, 5.41) is 6.40. The number of rotatable bonds is 6. The number of thiophene rings is 1. The molecule has 0 spiro atoms. The summed E-state index contributed by atoms with van der Waals surface area (Å²) in [4.78, 5) is 29.6. The van der Waals surface area contributed by atoms with Crippen molar-refractivity contribution in [1.82, 2.24) is 15.2 Å². The van der Waals surface area contributed by atoms with Crippen molar-refractivity contribution in [1.29, 1.82) is 0 Å². The Morgan fingerprint density at radius 3 is 2.68 bits per heavy atom. The second-order valence-electron chi connectivity index (χ2n) is 4.98. The van der Waals surface area contributed by atoms with Crippen LogP contribution in [0.1, 0.15) is 35.3 Å². The molecule has 1 unspecified atom stereocenters. The van der Waals surface area contributed by atoms with Crippen LogP contribution in [-0.4, -0.2) is 35.3 Å². The summed E-state index contributed by atoms with van der Waals surface area (Å²) in [5.41, 5.74) is 1.67. The third-order valence-electron chi connectivity index (χ3n) is 3.57. The Balaban J connectivity index is 1.80. The van der Waals surface area contributed by atoms with Crippen LogP contribution in [0.5, 0.6) is 0 Å². The van der Waals surface area contributed by atoms with Gasteiger partial charge in [-0.1, -0.05) is 0 Å². The molecule has 0 aliphatic heterocycles. The fraction of sp³-hybridized carbons (Fsp3) is 0.312. The van der Waals surface area contributed by atoms with Gasteiger partial charge >= 0.3 is 0 Å². The molecule has 0 radical (unpaired) electrons. The van der Waals surface area contributed by atoms with Gasteiger partial charge in [0, 0.05) is 43.4 Å². The Hall–Kier alpha value is -2.21. The third kappa shape index (κ3) is 4.14. The van der Waals surface area contributed by atoms with E-state index in [1.807, 2.05) is 24.4 Å². The zero-order valence-corrected chi connectivity index (χ0v) is 13.5. The second kappa shape index (κ2) is 7.70. The second-order valence-corrected chi connectivity index (χ2v) is 5.76. The Kier molecular flexibility index (Phi) is 5.66. The van der Waals surface area contributed by atoms with E-state index in [2.05, 4.69) is 10.3 Å². The molecule has 0 saturated carbocycles. The SMILES string of the molecule is CC(c1ccncc1)N(C)C(=O)CCNC(=O)c1ccsc1. The monoisotopic (exact) mass is 317 g/mol. The molecule has 116 valence electrons. The summed E-state index contributed by atoms with van der Waals surface area (Å²) in [6.45, 7) is 2.30. The molecule has 1 N–H and O–H groups in total. The summed E-state index contributed by atoms with van der Waals surface area (Å²) in [7, 11) is 1.77. The first-order valence-corrected chi connectivity index (χ1v) is 8.00. The predicted octanol–water partition coefficient (Wildman–Crippen LogP) is 2.48. The highest BCUT2D eigenvalue weighted by atomic mass is 32.1. The summed E-state index contributed by atoms with van der Waals surface area (Å²) in [6.07, 6.45) is 3.71. The summed E-state index contributed by atoms with van der Waals surface area (Å²) < 4.78 is 0. The lowest BCUT2D eigenvalue weighted by atomic mass is 10.1. The lowest BCUT2D eigenvalue weighted by Crippen LogP contribution is -2.33. The van der Waals surface area contributed by atoms with Gasteiger partial charge < -0.3 is 10.2 Å². The van der Waals surface area contributed by atoms with Crippen molar-refractivity contribution in [3.05, 3.63) is 52.5 Å². The molecule has 1 atom stereocenters. The van der Waals surface area contributed by atoms with Crippen LogP contribution in [0.2, 0.25) is 0 Å². The van der Waals surface area contributed by atoms with E-state index >= 15 is 0 Å². The van der Waals surface area contributed by atoms with Crippen LogP contribution >= 0.6 is 11.3 Å². The molecule has 0 fully saturated rings. The molecule has 2 amide bonds. The Labute approximate surface area is 134 Å². The summed E-state index contributed by atoms with van der Waals surface area (Å²) >= 11 is 1.47. The van der Waals surface area contributed by atoms with Gasteiger partial charge in [-0.25, -0.2) is 0 Å². The molecule has 2 heterocycles. The van der Waals surface area contributed by atoms with Crippen molar-refractivity contribution >= 4 is 23.2 Å². The molecular weight excluding hydrogens is 298 g/mol. The molecule has 6 heteroatoms. The summed E-state index contributed by atoms with van der Waals surface area (Å²) in [6, 6.07) is 5.53. The number of aromatic nitrogens is 1. The first kappa shape index (κ1) is 16.2. The van der Waals surface area contributed by atoms with Gasteiger partial charge in [0.05, 0.1) is 6.04 Å². The van der Waals surface area contributed by atoms with Crippen molar-refractivity contribution in [2.24, 2.45) is 0 Å². The smallest absolute Gasteiger partial charge is 0.252 e. The minimum Gasteiger partial charge on any atom is -0.351 e. The average Bonchev–Trinajstić information content (AvgIpc) is 3.08. The highest BCUT2D eigenvalue weighted by Gasteiger charge is 2.17. The maximum atomic E-state index is 12.2. The highest BCUT2D eigenvalue weighted by molar-refractivity contribution is 7.08. The number of carbonyl (C=O) groups excluding carboxylic acids is 2. The lowest BCUT2D eigenvalue weighted by molar-refractivity contribution is -0.131. The molecule has 2 rings (SSSR count). The normalized spacial score (nSPS) is 11.7. The number of amides is 2. The number of pyridine rings is 1. The molecule has 0 bridgehead atoms. The minimum absolute atomic E-state index is 0.00469. The number of carbonyl (C=O) groups is 2. The van der Waals surface area contributed by atoms with Gasteiger partial charge in [0.25, 0.3) is 5.91 Å². The van der Waals surface area contributed by atoms with Crippen molar-refractivity contribution in [3.63, 3.8) is 0 Å². The van der Waals surface area contributed by atoms with Crippen LogP contribution in [0, 0.1) is 0 Å². The van der Waals surface area contributed by atoms with E-state index < -0.39 is 0 Å². The van der Waals surface area contributed by atoms with Crippen LogP contribution in [-0.2, 0) is 4.79 Å². The number of hydrogen-bond acceptors (Lipinski definition) is 4. The maximum Gasteiger partial charge on any atom is 0.252 e. The van der Waals surface area contributed by atoms with E-state index in [9.17, 15) is 9.59 Å². The van der Waals surface area contributed by atoms with Crippen molar-refractivity contribution in [3.8, 4) is 0 Å². The fourth-order valence-electron chi connectivity index (χ4n) is 2.04. The molecule has 0 aromatic carbocycles. The van der Waals surface area contributed by atoms with Crippen LogP contribution < -0.4 is 5.32 Å². The summed E-state index contributed by atoms with van der Waals surface area (Å²) in [5.74, 6) is -0.145. The Bertz CT molecular complexity index is 614. The minimum atomic E-state index is -0.140. The molecular formula is C16H19N3O2S. The molecule has 5 nitrogen and oxygen atoms in total. The predicted molar refractivity (Wildman–Crippen MR) is 86.7 cm³/mol. The molecule has 0 aliphatic carbocycles. The van der Waals surface area contributed by atoms with Gasteiger partial charge in [-0.3, -0.25) is 14.6 Å². The van der Waals surface area contributed by atoms with Crippen LogP contribution in [0.4, 0.5) is 0 Å². The number of nitrogens with zero attached hydrogens (tertiary/aromatic N) is 2. The molecule has 0 saturated heterocycles. The lowest BCUT2D eigenvalue weighted by Gasteiger charge is -2.25. The standard InChI is InChI=1S/C16H19N3O2S/c1-12(13-3-7-17-8-4-13)19(2)15(20)5-9-18-16(21)14-6-10-22-11-14/h3-4,6-8,10-12H,5,9H2,1-2H3,(H,18,21). The van der Waals surface area contributed by atoms with E-state index in [1.165, 1.54) is 11.3 Å². The first-order chi connectivity index (χ1) is 10.6. The van der Waals surface area contributed by atoms with Gasteiger partial charge in [-0.05, 0) is 36.1 Å². The third-order valence-corrected chi connectivity index (χ3v) is 4.25. The van der Waals surface area contributed by atoms with Gasteiger partial charge in [-0.2, -0.15) is 11.3 Å². The quantitative estimate of drug-likeness (QED) is 0.890. The van der Waals surface area contributed by atoms with Gasteiger partial charge in [0.15, 0.2) is 0 Å². The van der Waals surface area contributed by atoms with Crippen LogP contribution in [0.3, 0.4) is 0 Å². The largest absolute Gasteiger partial charge is 0.351 e. The van der Waals surface area contributed by atoms with Crippen molar-refractivity contribution < 1.29 is 9.59 Å². The topological polar surface area (TPSA) is 62.3 Å². The Morgan fingerprint density at radius 1 is 1.32 bits per heavy atom.